The minimum atomic E-state index is -1.26. The standard InChI is InChI=1S/C17H13N3O5S/c1-24-11-8-12(25-2)20-16(19-11)15(21)14-13(17(22)23)9(5-6-18-14)10-4-3-7-26-10/h3-8H,1-2H3,(H,22,23). The second-order valence-electron chi connectivity index (χ2n) is 4.97. The number of nitrogens with zero attached hydrogens (tertiary/aromatic N) is 3. The number of rotatable bonds is 6. The van der Waals surface area contributed by atoms with E-state index in [1.807, 2.05) is 5.38 Å². The van der Waals surface area contributed by atoms with Gasteiger partial charge in [-0.05, 0) is 17.5 Å². The highest BCUT2D eigenvalue weighted by Crippen LogP contribution is 2.30. The van der Waals surface area contributed by atoms with E-state index in [0.29, 0.717) is 10.4 Å². The highest BCUT2D eigenvalue weighted by atomic mass is 32.1. The van der Waals surface area contributed by atoms with Crippen LogP contribution in [0.5, 0.6) is 11.8 Å². The van der Waals surface area contributed by atoms with E-state index in [1.165, 1.54) is 37.8 Å². The third-order valence-corrected chi connectivity index (χ3v) is 4.37. The van der Waals surface area contributed by atoms with Crippen LogP contribution in [0, 0.1) is 0 Å². The molecule has 9 heteroatoms. The number of hydrogen-bond donors (Lipinski definition) is 1. The van der Waals surface area contributed by atoms with Crippen molar-refractivity contribution in [1.29, 1.82) is 0 Å². The third kappa shape index (κ3) is 3.24. The summed E-state index contributed by atoms with van der Waals surface area (Å²) in [4.78, 5) is 37.3. The monoisotopic (exact) mass is 371 g/mol. The largest absolute Gasteiger partial charge is 0.481 e. The van der Waals surface area contributed by atoms with Crippen LogP contribution in [-0.2, 0) is 0 Å². The molecule has 0 atom stereocenters. The molecule has 3 rings (SSSR count). The van der Waals surface area contributed by atoms with Gasteiger partial charge in [0, 0.05) is 16.6 Å². The highest BCUT2D eigenvalue weighted by molar-refractivity contribution is 7.13. The Balaban J connectivity index is 2.17. The van der Waals surface area contributed by atoms with Crippen molar-refractivity contribution in [3.63, 3.8) is 0 Å². The van der Waals surface area contributed by atoms with Crippen LogP contribution in [0.1, 0.15) is 26.7 Å². The molecule has 0 spiro atoms. The summed E-state index contributed by atoms with van der Waals surface area (Å²) in [5.74, 6) is -2.03. The lowest BCUT2D eigenvalue weighted by Gasteiger charge is -2.09. The Kier molecular flexibility index (Phi) is 4.90. The number of carboxylic acid groups (broad SMARTS) is 1. The molecule has 0 aliphatic heterocycles. The lowest BCUT2D eigenvalue weighted by molar-refractivity contribution is 0.0692. The van der Waals surface area contributed by atoms with Crippen molar-refractivity contribution in [2.45, 2.75) is 0 Å². The van der Waals surface area contributed by atoms with Crippen molar-refractivity contribution >= 4 is 23.1 Å². The number of carbonyl (C=O) groups excluding carboxylic acids is 1. The van der Waals surface area contributed by atoms with Gasteiger partial charge in [-0.15, -0.1) is 11.3 Å². The number of carboxylic acids is 1. The molecule has 3 aromatic heterocycles. The zero-order chi connectivity index (χ0) is 18.7. The van der Waals surface area contributed by atoms with Crippen LogP contribution in [0.2, 0.25) is 0 Å². The zero-order valence-electron chi connectivity index (χ0n) is 13.8. The summed E-state index contributed by atoms with van der Waals surface area (Å²) in [6, 6.07) is 6.53. The van der Waals surface area contributed by atoms with Gasteiger partial charge in [-0.25, -0.2) is 4.79 Å². The Hall–Kier alpha value is -3.33. The van der Waals surface area contributed by atoms with Crippen molar-refractivity contribution in [1.82, 2.24) is 15.0 Å². The van der Waals surface area contributed by atoms with E-state index in [2.05, 4.69) is 15.0 Å². The molecule has 0 unspecified atom stereocenters. The number of pyridine rings is 1. The maximum atomic E-state index is 12.9. The average molecular weight is 371 g/mol. The summed E-state index contributed by atoms with van der Waals surface area (Å²) >= 11 is 1.36. The van der Waals surface area contributed by atoms with Crippen LogP contribution in [-0.4, -0.2) is 46.0 Å². The normalized spacial score (nSPS) is 10.4. The van der Waals surface area contributed by atoms with Crippen LogP contribution >= 0.6 is 11.3 Å². The molecular formula is C17H13N3O5S. The van der Waals surface area contributed by atoms with E-state index < -0.39 is 11.8 Å². The molecule has 0 saturated carbocycles. The van der Waals surface area contributed by atoms with Gasteiger partial charge in [0.15, 0.2) is 0 Å². The van der Waals surface area contributed by atoms with E-state index >= 15 is 0 Å². The van der Waals surface area contributed by atoms with E-state index in [0.717, 1.165) is 0 Å². The van der Waals surface area contributed by atoms with Gasteiger partial charge in [0.05, 0.1) is 25.8 Å². The van der Waals surface area contributed by atoms with Crippen molar-refractivity contribution < 1.29 is 24.2 Å². The molecule has 26 heavy (non-hydrogen) atoms. The minimum Gasteiger partial charge on any atom is -0.481 e. The molecule has 1 N–H and O–H groups in total. The van der Waals surface area contributed by atoms with Crippen LogP contribution < -0.4 is 9.47 Å². The van der Waals surface area contributed by atoms with Gasteiger partial charge in [0.1, 0.15) is 5.69 Å². The number of ketones is 1. The Morgan fingerprint density at radius 3 is 2.35 bits per heavy atom. The zero-order valence-corrected chi connectivity index (χ0v) is 14.6. The van der Waals surface area contributed by atoms with Gasteiger partial charge in [-0.2, -0.15) is 9.97 Å². The first-order chi connectivity index (χ1) is 12.5. The summed E-state index contributed by atoms with van der Waals surface area (Å²) < 4.78 is 10.1. The lowest BCUT2D eigenvalue weighted by atomic mass is 10.0. The molecular weight excluding hydrogens is 358 g/mol. The van der Waals surface area contributed by atoms with E-state index in [9.17, 15) is 14.7 Å². The first-order valence-electron chi connectivity index (χ1n) is 7.33. The molecule has 8 nitrogen and oxygen atoms in total. The fourth-order valence-corrected chi connectivity index (χ4v) is 3.07. The number of aromatic carboxylic acids is 1. The first kappa shape index (κ1) is 17.5. The lowest BCUT2D eigenvalue weighted by Crippen LogP contribution is -2.16. The number of hydrogen-bond acceptors (Lipinski definition) is 8. The molecule has 0 aliphatic rings. The summed E-state index contributed by atoms with van der Waals surface area (Å²) in [6.45, 7) is 0. The van der Waals surface area contributed by atoms with Gasteiger partial charge < -0.3 is 14.6 Å². The minimum absolute atomic E-state index is 0.117. The predicted molar refractivity (Wildman–Crippen MR) is 93.1 cm³/mol. The van der Waals surface area contributed by atoms with Gasteiger partial charge >= 0.3 is 5.97 Å². The van der Waals surface area contributed by atoms with Crippen molar-refractivity contribution in [3.05, 3.63) is 52.9 Å². The van der Waals surface area contributed by atoms with Crippen LogP contribution in [0.3, 0.4) is 0 Å². The molecule has 0 radical (unpaired) electrons. The fourth-order valence-electron chi connectivity index (χ4n) is 2.31. The molecule has 0 amide bonds. The van der Waals surface area contributed by atoms with Crippen LogP contribution in [0.15, 0.2) is 35.8 Å². The van der Waals surface area contributed by atoms with Crippen molar-refractivity contribution in [2.24, 2.45) is 0 Å². The quantitative estimate of drug-likeness (QED) is 0.658. The second-order valence-corrected chi connectivity index (χ2v) is 5.92. The molecule has 3 heterocycles. The van der Waals surface area contributed by atoms with Gasteiger partial charge in [-0.1, -0.05) is 6.07 Å². The molecule has 0 bridgehead atoms. The Labute approximate surface area is 152 Å². The smallest absolute Gasteiger partial charge is 0.338 e. The topological polar surface area (TPSA) is 112 Å². The van der Waals surface area contributed by atoms with Gasteiger partial charge in [0.25, 0.3) is 0 Å². The maximum absolute atomic E-state index is 12.9. The first-order valence-corrected chi connectivity index (χ1v) is 8.21. The molecule has 3 aromatic rings. The van der Waals surface area contributed by atoms with Crippen molar-refractivity contribution in [2.75, 3.05) is 14.2 Å². The second kappa shape index (κ2) is 7.28. The molecule has 0 fully saturated rings. The highest BCUT2D eigenvalue weighted by Gasteiger charge is 2.26. The van der Waals surface area contributed by atoms with E-state index in [1.54, 1.807) is 18.2 Å². The molecule has 0 aliphatic carbocycles. The van der Waals surface area contributed by atoms with Crippen LogP contribution in [0.25, 0.3) is 10.4 Å². The summed E-state index contributed by atoms with van der Waals surface area (Å²) in [5, 5.41) is 11.5. The molecule has 132 valence electrons. The SMILES string of the molecule is COc1cc(OC)nc(C(=O)c2nccc(-c3cccs3)c2C(=O)O)n1. The average Bonchev–Trinajstić information content (AvgIpc) is 3.20. The summed E-state index contributed by atoms with van der Waals surface area (Å²) in [6.07, 6.45) is 1.38. The predicted octanol–water partition coefficient (Wildman–Crippen LogP) is 2.55. The summed E-state index contributed by atoms with van der Waals surface area (Å²) in [5.41, 5.74) is -0.0512. The number of ether oxygens (including phenoxy) is 2. The summed E-state index contributed by atoms with van der Waals surface area (Å²) in [7, 11) is 2.77. The third-order valence-electron chi connectivity index (χ3n) is 3.47. The number of methoxy groups -OCH3 is 2. The van der Waals surface area contributed by atoms with Gasteiger partial charge in [-0.3, -0.25) is 9.78 Å². The fraction of sp³-hybridized carbons (Fsp3) is 0.118. The van der Waals surface area contributed by atoms with E-state index in [4.69, 9.17) is 9.47 Å². The van der Waals surface area contributed by atoms with Crippen LogP contribution in [0.4, 0.5) is 0 Å². The Bertz CT molecular complexity index is 950. The molecule has 0 aromatic carbocycles. The number of carbonyl (C=O) groups is 2. The maximum Gasteiger partial charge on any atom is 0.338 e. The van der Waals surface area contributed by atoms with E-state index in [-0.39, 0.29) is 28.8 Å². The number of thiophene rings is 1. The van der Waals surface area contributed by atoms with Crippen molar-refractivity contribution in [3.8, 4) is 22.2 Å². The number of aromatic nitrogens is 3. The Morgan fingerprint density at radius 1 is 1.12 bits per heavy atom. The molecule has 0 saturated heterocycles. The van der Waals surface area contributed by atoms with Gasteiger partial charge in [0.2, 0.25) is 23.4 Å². The Morgan fingerprint density at radius 2 is 1.81 bits per heavy atom.